The Kier molecular flexibility index (Phi) is 8.14. The Morgan fingerprint density at radius 1 is 0.458 bits per heavy atom. The van der Waals surface area contributed by atoms with Gasteiger partial charge < -0.3 is 9.13 Å². The van der Waals surface area contributed by atoms with E-state index in [-0.39, 0.29) is 0 Å². The number of benzene rings is 8. The van der Waals surface area contributed by atoms with Crippen LogP contribution >= 0.6 is 0 Å². The number of fused-ring (bicyclic) bond motifs is 6. The molecule has 2 aromatic heterocycles. The summed E-state index contributed by atoms with van der Waals surface area (Å²) in [6.45, 7) is 25.8. The van der Waals surface area contributed by atoms with Crippen LogP contribution < -0.4 is 0 Å². The molecule has 0 saturated heterocycles. The molecule has 0 saturated carbocycles. The van der Waals surface area contributed by atoms with Crippen molar-refractivity contribution in [3.8, 4) is 50.8 Å². The lowest BCUT2D eigenvalue weighted by Gasteiger charge is -2.20. The molecule has 0 N–H and O–H groups in total. The van der Waals surface area contributed by atoms with Crippen molar-refractivity contribution in [3.63, 3.8) is 0 Å². The van der Waals surface area contributed by atoms with E-state index in [9.17, 15) is 5.26 Å². The van der Waals surface area contributed by atoms with Gasteiger partial charge in [-0.1, -0.05) is 109 Å². The lowest BCUT2D eigenvalue weighted by atomic mass is 9.97. The standard InChI is InChI=1S/C53H30N6/c1-33-27-34(32-54)29-39(28-33)42-23-26-51(58-47-11-7-5-9-43(47)45-30-37(17-24-49(45)58)35-13-19-40(55-2)20-14-35)52(57-4)53(42)59-48-12-8-6-10-44(48)46-31-38(18-25-50(46)59)36-15-21-41(56-3)22-16-36/h5-31H,1H3. The van der Waals surface area contributed by atoms with Gasteiger partial charge in [0.05, 0.1) is 64.8 Å². The molecule has 10 rings (SSSR count). The van der Waals surface area contributed by atoms with Gasteiger partial charge in [0, 0.05) is 21.5 Å². The Hall–Kier alpha value is -8.68. The first-order valence-corrected chi connectivity index (χ1v) is 19.1. The molecule has 0 amide bonds. The summed E-state index contributed by atoms with van der Waals surface area (Å²) in [4.78, 5) is 11.6. The minimum atomic E-state index is 0.477. The molecule has 6 nitrogen and oxygen atoms in total. The van der Waals surface area contributed by atoms with Crippen LogP contribution in [0.3, 0.4) is 0 Å². The third-order valence-electron chi connectivity index (χ3n) is 11.2. The van der Waals surface area contributed by atoms with E-state index in [1.807, 2.05) is 97.9 Å². The molecule has 0 aliphatic rings. The lowest BCUT2D eigenvalue weighted by Crippen LogP contribution is -2.03. The van der Waals surface area contributed by atoms with Crippen LogP contribution in [0.2, 0.25) is 0 Å². The monoisotopic (exact) mass is 750 g/mol. The molecule has 0 fully saturated rings. The molecule has 6 heteroatoms. The van der Waals surface area contributed by atoms with Crippen molar-refractivity contribution in [3.05, 3.63) is 209 Å². The topological polar surface area (TPSA) is 46.7 Å². The van der Waals surface area contributed by atoms with Crippen LogP contribution in [0.15, 0.2) is 164 Å². The van der Waals surface area contributed by atoms with Crippen molar-refractivity contribution in [2.24, 2.45) is 0 Å². The van der Waals surface area contributed by atoms with Crippen molar-refractivity contribution < 1.29 is 0 Å². The summed E-state index contributed by atoms with van der Waals surface area (Å²) < 4.78 is 4.42. The van der Waals surface area contributed by atoms with Crippen molar-refractivity contribution in [2.45, 2.75) is 6.92 Å². The number of aromatic nitrogens is 2. The molecule has 0 spiro atoms. The SMILES string of the molecule is [C-]#[N+]c1ccc(-c2ccc3c(c2)c2ccccc2n3-c2ccc(-c3cc(C)cc(C#N)c3)c(-n3c4ccccc4c4cc(-c5ccc([N+]#[C-])cc5)ccc43)c2[N+]#[C-])cc1. The van der Waals surface area contributed by atoms with Gasteiger partial charge >= 0.3 is 0 Å². The maximum atomic E-state index is 10.1. The molecule has 0 unspecified atom stereocenters. The molecule has 272 valence electrons. The third-order valence-corrected chi connectivity index (χ3v) is 11.2. The second kappa shape index (κ2) is 13.8. The largest absolute Gasteiger partial charge is 0.319 e. The summed E-state index contributed by atoms with van der Waals surface area (Å²) in [6.07, 6.45) is 0. The average molecular weight is 751 g/mol. The molecule has 0 bridgehead atoms. The van der Waals surface area contributed by atoms with Gasteiger partial charge in [0.25, 0.3) is 0 Å². The van der Waals surface area contributed by atoms with E-state index >= 15 is 0 Å². The zero-order valence-corrected chi connectivity index (χ0v) is 31.8. The smallest absolute Gasteiger partial charge is 0.234 e. The van der Waals surface area contributed by atoms with Crippen molar-refractivity contribution in [1.29, 1.82) is 5.26 Å². The predicted molar refractivity (Wildman–Crippen MR) is 240 cm³/mol. The highest BCUT2D eigenvalue weighted by Gasteiger charge is 2.25. The first-order valence-electron chi connectivity index (χ1n) is 19.1. The van der Waals surface area contributed by atoms with Crippen molar-refractivity contribution >= 4 is 60.7 Å². The summed E-state index contributed by atoms with van der Waals surface area (Å²) >= 11 is 0. The Labute approximate surface area is 340 Å². The quantitative estimate of drug-likeness (QED) is 0.162. The van der Waals surface area contributed by atoms with E-state index in [4.69, 9.17) is 19.7 Å². The third kappa shape index (κ3) is 5.61. The number of nitriles is 1. The zero-order valence-electron chi connectivity index (χ0n) is 31.8. The molecular formula is C53H30N6. The number of para-hydroxylation sites is 2. The molecular weight excluding hydrogens is 721 g/mol. The molecule has 0 atom stereocenters. The minimum Gasteiger partial charge on any atom is -0.319 e. The van der Waals surface area contributed by atoms with E-state index in [0.29, 0.717) is 22.6 Å². The second-order valence-electron chi connectivity index (χ2n) is 14.6. The van der Waals surface area contributed by atoms with E-state index in [0.717, 1.165) is 93.9 Å². The van der Waals surface area contributed by atoms with Crippen LogP contribution in [0.1, 0.15) is 11.1 Å². The lowest BCUT2D eigenvalue weighted by molar-refractivity contribution is 1.14. The maximum Gasteiger partial charge on any atom is 0.234 e. The fourth-order valence-corrected chi connectivity index (χ4v) is 8.58. The van der Waals surface area contributed by atoms with Gasteiger partial charge in [-0.05, 0) is 100 Å². The van der Waals surface area contributed by atoms with E-state index < -0.39 is 0 Å². The minimum absolute atomic E-state index is 0.477. The van der Waals surface area contributed by atoms with Crippen LogP contribution in [0, 0.1) is 38.0 Å². The Balaban J connectivity index is 1.28. The van der Waals surface area contributed by atoms with Gasteiger partial charge in [0.2, 0.25) is 5.69 Å². The molecule has 0 aliphatic carbocycles. The zero-order chi connectivity index (χ0) is 40.2. The van der Waals surface area contributed by atoms with Gasteiger partial charge in [0.1, 0.15) is 0 Å². The fourth-order valence-electron chi connectivity index (χ4n) is 8.58. The Morgan fingerprint density at radius 3 is 1.51 bits per heavy atom. The number of hydrogen-bond donors (Lipinski definition) is 0. The van der Waals surface area contributed by atoms with Crippen LogP contribution in [0.4, 0.5) is 17.1 Å². The molecule has 0 aliphatic heterocycles. The molecule has 2 heterocycles. The first kappa shape index (κ1) is 34.8. The van der Waals surface area contributed by atoms with Gasteiger partial charge in [-0.3, -0.25) is 0 Å². The number of nitrogens with zero attached hydrogens (tertiary/aromatic N) is 6. The van der Waals surface area contributed by atoms with Gasteiger partial charge in [0.15, 0.2) is 11.4 Å². The van der Waals surface area contributed by atoms with E-state index in [1.54, 1.807) is 0 Å². The Morgan fingerprint density at radius 2 is 0.966 bits per heavy atom. The summed E-state index contributed by atoms with van der Waals surface area (Å²) in [5.41, 5.74) is 14.3. The van der Waals surface area contributed by atoms with Crippen LogP contribution in [-0.4, -0.2) is 9.13 Å². The van der Waals surface area contributed by atoms with Crippen LogP contribution in [-0.2, 0) is 0 Å². The van der Waals surface area contributed by atoms with Crippen molar-refractivity contribution in [1.82, 2.24) is 9.13 Å². The van der Waals surface area contributed by atoms with Gasteiger partial charge in [-0.2, -0.15) is 5.26 Å². The summed E-state index contributed by atoms with van der Waals surface area (Å²) in [6, 6.07) is 57.1. The number of hydrogen-bond acceptors (Lipinski definition) is 1. The van der Waals surface area contributed by atoms with Gasteiger partial charge in [-0.15, -0.1) is 0 Å². The predicted octanol–water partition coefficient (Wildman–Crippen LogP) is 14.7. The fraction of sp³-hybridized carbons (Fsp3) is 0.0189. The van der Waals surface area contributed by atoms with Gasteiger partial charge in [-0.25, -0.2) is 14.5 Å². The highest BCUT2D eigenvalue weighted by atomic mass is 15.1. The van der Waals surface area contributed by atoms with Crippen LogP contribution in [0.5, 0.6) is 0 Å². The highest BCUT2D eigenvalue weighted by Crippen LogP contribution is 2.47. The molecule has 0 radical (unpaired) electrons. The molecule has 8 aromatic carbocycles. The maximum absolute atomic E-state index is 10.1. The first-order chi connectivity index (χ1) is 29.0. The van der Waals surface area contributed by atoms with E-state index in [2.05, 4.69) is 103 Å². The summed E-state index contributed by atoms with van der Waals surface area (Å²) in [5, 5.41) is 14.3. The van der Waals surface area contributed by atoms with E-state index in [1.165, 1.54) is 0 Å². The highest BCUT2D eigenvalue weighted by molar-refractivity contribution is 6.14. The Bertz CT molecular complexity index is 3540. The molecule has 10 aromatic rings. The van der Waals surface area contributed by atoms with Crippen molar-refractivity contribution in [2.75, 3.05) is 0 Å². The summed E-state index contributed by atoms with van der Waals surface area (Å²) in [7, 11) is 0. The van der Waals surface area contributed by atoms with Crippen LogP contribution in [0.25, 0.3) is 103 Å². The summed E-state index contributed by atoms with van der Waals surface area (Å²) in [5.74, 6) is 0. The number of aryl methyl sites for hydroxylation is 1. The molecule has 59 heavy (non-hydrogen) atoms. The normalized spacial score (nSPS) is 11.1. The number of rotatable bonds is 5. The average Bonchev–Trinajstić information content (AvgIpc) is 3.80. The second-order valence-corrected chi connectivity index (χ2v) is 14.6.